The quantitative estimate of drug-likeness (QED) is 0.597. The SMILES string of the molecule is COc1cc(C(=O)Nc2nnc(-c3cccc(S(C)(=O)=O)c3)o2)cc(OC)c1OC. The lowest BCUT2D eigenvalue weighted by atomic mass is 10.1. The molecule has 10 nitrogen and oxygen atoms in total. The number of rotatable bonds is 7. The number of carbonyl (C=O) groups excluding carboxylic acids is 1. The van der Waals surface area contributed by atoms with Crippen LogP contribution < -0.4 is 19.5 Å². The number of benzene rings is 2. The summed E-state index contributed by atoms with van der Waals surface area (Å²) in [5, 5.41) is 10.1. The molecule has 0 spiro atoms. The van der Waals surface area contributed by atoms with E-state index in [9.17, 15) is 13.2 Å². The molecule has 11 heteroatoms. The second-order valence-electron chi connectivity index (χ2n) is 6.08. The van der Waals surface area contributed by atoms with Crippen molar-refractivity contribution in [2.45, 2.75) is 4.90 Å². The number of aromatic nitrogens is 2. The highest BCUT2D eigenvalue weighted by molar-refractivity contribution is 7.90. The number of hydrogen-bond donors (Lipinski definition) is 1. The minimum absolute atomic E-state index is 0.0562. The third-order valence-electron chi connectivity index (χ3n) is 4.08. The molecule has 2 aromatic carbocycles. The Bertz CT molecular complexity index is 1160. The van der Waals surface area contributed by atoms with E-state index in [0.717, 1.165) is 6.26 Å². The van der Waals surface area contributed by atoms with Crippen molar-refractivity contribution in [2.75, 3.05) is 32.9 Å². The molecule has 1 heterocycles. The first-order valence-corrected chi connectivity index (χ1v) is 10.4. The number of ether oxygens (including phenoxy) is 3. The summed E-state index contributed by atoms with van der Waals surface area (Å²) < 4.78 is 44.6. The molecule has 0 aliphatic heterocycles. The Hall–Kier alpha value is -3.60. The molecule has 3 aromatic rings. The molecule has 3 rings (SSSR count). The first-order chi connectivity index (χ1) is 14.3. The van der Waals surface area contributed by atoms with Gasteiger partial charge < -0.3 is 18.6 Å². The maximum atomic E-state index is 12.6. The van der Waals surface area contributed by atoms with Gasteiger partial charge in [-0.2, -0.15) is 0 Å². The molecule has 1 amide bonds. The zero-order chi connectivity index (χ0) is 21.9. The van der Waals surface area contributed by atoms with Crippen molar-refractivity contribution >= 4 is 21.8 Å². The number of methoxy groups -OCH3 is 3. The Labute approximate surface area is 172 Å². The van der Waals surface area contributed by atoms with Crippen LogP contribution in [0.3, 0.4) is 0 Å². The Balaban J connectivity index is 1.85. The fourth-order valence-electron chi connectivity index (χ4n) is 2.63. The van der Waals surface area contributed by atoms with Crippen molar-refractivity contribution in [3.05, 3.63) is 42.0 Å². The molecule has 158 valence electrons. The van der Waals surface area contributed by atoms with Crippen molar-refractivity contribution in [3.8, 4) is 28.7 Å². The van der Waals surface area contributed by atoms with Gasteiger partial charge in [0.2, 0.25) is 11.6 Å². The van der Waals surface area contributed by atoms with Crippen molar-refractivity contribution in [3.63, 3.8) is 0 Å². The van der Waals surface area contributed by atoms with E-state index in [2.05, 4.69) is 15.5 Å². The van der Waals surface area contributed by atoms with Crippen LogP contribution in [-0.2, 0) is 9.84 Å². The molecule has 0 fully saturated rings. The van der Waals surface area contributed by atoms with Crippen LogP contribution in [0.2, 0.25) is 0 Å². The van der Waals surface area contributed by atoms with Crippen LogP contribution in [0.4, 0.5) is 6.01 Å². The van der Waals surface area contributed by atoms with Gasteiger partial charge in [0.25, 0.3) is 5.91 Å². The molecule has 0 unspecified atom stereocenters. The number of carbonyl (C=O) groups is 1. The van der Waals surface area contributed by atoms with Gasteiger partial charge in [-0.05, 0) is 30.3 Å². The number of amides is 1. The van der Waals surface area contributed by atoms with E-state index in [1.54, 1.807) is 12.1 Å². The monoisotopic (exact) mass is 433 g/mol. The lowest BCUT2D eigenvalue weighted by Crippen LogP contribution is -2.13. The van der Waals surface area contributed by atoms with E-state index in [-0.39, 0.29) is 22.4 Å². The van der Waals surface area contributed by atoms with Gasteiger partial charge in [-0.1, -0.05) is 11.2 Å². The molecule has 0 aliphatic carbocycles. The molecule has 30 heavy (non-hydrogen) atoms. The Morgan fingerprint density at radius 2 is 1.67 bits per heavy atom. The molecule has 0 atom stereocenters. The summed E-state index contributed by atoms with van der Waals surface area (Å²) in [6.45, 7) is 0. The minimum atomic E-state index is -3.39. The summed E-state index contributed by atoms with van der Waals surface area (Å²) in [5.41, 5.74) is 0.613. The molecule has 0 bridgehead atoms. The van der Waals surface area contributed by atoms with Gasteiger partial charge in [-0.15, -0.1) is 5.10 Å². The number of anilines is 1. The predicted molar refractivity (Wildman–Crippen MR) is 107 cm³/mol. The van der Waals surface area contributed by atoms with Gasteiger partial charge >= 0.3 is 6.01 Å². The van der Waals surface area contributed by atoms with Crippen LogP contribution in [0, 0.1) is 0 Å². The second-order valence-corrected chi connectivity index (χ2v) is 8.10. The topological polar surface area (TPSA) is 130 Å². The molecular formula is C19H19N3O7S. The summed E-state index contributed by atoms with van der Waals surface area (Å²) in [4.78, 5) is 12.7. The molecule has 1 N–H and O–H groups in total. The largest absolute Gasteiger partial charge is 0.493 e. The number of nitrogens with one attached hydrogen (secondary N) is 1. The lowest BCUT2D eigenvalue weighted by Gasteiger charge is -2.13. The molecule has 0 saturated heterocycles. The first kappa shape index (κ1) is 21.1. The van der Waals surface area contributed by atoms with Gasteiger partial charge in [-0.25, -0.2) is 8.42 Å². The standard InChI is InChI=1S/C19H19N3O7S/c1-26-14-9-12(10-15(27-2)16(14)28-3)17(23)20-19-22-21-18(29-19)11-6-5-7-13(8-11)30(4,24)25/h5-10H,1-4H3,(H,20,22,23). The van der Waals surface area contributed by atoms with Crippen molar-refractivity contribution in [1.82, 2.24) is 10.2 Å². The van der Waals surface area contributed by atoms with Crippen LogP contribution in [0.1, 0.15) is 10.4 Å². The first-order valence-electron chi connectivity index (χ1n) is 8.52. The van der Waals surface area contributed by atoms with Crippen LogP contribution in [0.25, 0.3) is 11.5 Å². The lowest BCUT2D eigenvalue weighted by molar-refractivity contribution is 0.102. The predicted octanol–water partition coefficient (Wildman–Crippen LogP) is 2.42. The minimum Gasteiger partial charge on any atom is -0.493 e. The van der Waals surface area contributed by atoms with Gasteiger partial charge in [0, 0.05) is 17.4 Å². The summed E-state index contributed by atoms with van der Waals surface area (Å²) in [7, 11) is 0.940. The average molecular weight is 433 g/mol. The second kappa shape index (κ2) is 8.41. The number of hydrogen-bond acceptors (Lipinski definition) is 9. The summed E-state index contributed by atoms with van der Waals surface area (Å²) in [6, 6.07) is 8.84. The molecule has 1 aromatic heterocycles. The van der Waals surface area contributed by atoms with E-state index in [0.29, 0.717) is 22.8 Å². The van der Waals surface area contributed by atoms with Crippen LogP contribution >= 0.6 is 0 Å². The number of nitrogens with zero attached hydrogens (tertiary/aromatic N) is 2. The summed E-state index contributed by atoms with van der Waals surface area (Å²) in [5.74, 6) is 0.481. The zero-order valence-electron chi connectivity index (χ0n) is 16.6. The Morgan fingerprint density at radius 3 is 2.23 bits per heavy atom. The van der Waals surface area contributed by atoms with Gasteiger partial charge in [-0.3, -0.25) is 10.1 Å². The molecule has 0 saturated carbocycles. The third-order valence-corrected chi connectivity index (χ3v) is 5.19. The maximum Gasteiger partial charge on any atom is 0.322 e. The smallest absolute Gasteiger partial charge is 0.322 e. The van der Waals surface area contributed by atoms with Gasteiger partial charge in [0.1, 0.15) is 0 Å². The van der Waals surface area contributed by atoms with Crippen molar-refractivity contribution in [2.24, 2.45) is 0 Å². The zero-order valence-corrected chi connectivity index (χ0v) is 17.4. The van der Waals surface area contributed by atoms with E-state index in [4.69, 9.17) is 18.6 Å². The van der Waals surface area contributed by atoms with E-state index < -0.39 is 15.7 Å². The fraction of sp³-hybridized carbons (Fsp3) is 0.211. The normalized spacial score (nSPS) is 11.1. The summed E-state index contributed by atoms with van der Waals surface area (Å²) in [6.07, 6.45) is 1.10. The molecule has 0 radical (unpaired) electrons. The Kier molecular flexibility index (Phi) is 5.92. The van der Waals surface area contributed by atoms with E-state index >= 15 is 0 Å². The van der Waals surface area contributed by atoms with Crippen LogP contribution in [0.5, 0.6) is 17.2 Å². The Morgan fingerprint density at radius 1 is 1.00 bits per heavy atom. The number of sulfone groups is 1. The fourth-order valence-corrected chi connectivity index (χ4v) is 3.30. The molecule has 0 aliphatic rings. The average Bonchev–Trinajstić information content (AvgIpc) is 3.20. The summed E-state index contributed by atoms with van der Waals surface area (Å²) >= 11 is 0. The third kappa shape index (κ3) is 4.35. The van der Waals surface area contributed by atoms with Crippen molar-refractivity contribution < 1.29 is 31.8 Å². The highest BCUT2D eigenvalue weighted by Gasteiger charge is 2.19. The van der Waals surface area contributed by atoms with Crippen molar-refractivity contribution in [1.29, 1.82) is 0 Å². The van der Waals surface area contributed by atoms with Gasteiger partial charge in [0.05, 0.1) is 26.2 Å². The molecular weight excluding hydrogens is 414 g/mol. The van der Waals surface area contributed by atoms with E-state index in [1.165, 1.54) is 45.6 Å². The maximum absolute atomic E-state index is 12.6. The van der Waals surface area contributed by atoms with E-state index in [1.807, 2.05) is 0 Å². The van der Waals surface area contributed by atoms with Crippen LogP contribution in [0.15, 0.2) is 45.7 Å². The van der Waals surface area contributed by atoms with Gasteiger partial charge in [0.15, 0.2) is 21.3 Å². The van der Waals surface area contributed by atoms with Crippen LogP contribution in [-0.4, -0.2) is 52.1 Å². The highest BCUT2D eigenvalue weighted by atomic mass is 32.2. The highest BCUT2D eigenvalue weighted by Crippen LogP contribution is 2.38.